The number of pyridine rings is 1. The first kappa shape index (κ1) is 12.6. The summed E-state index contributed by atoms with van der Waals surface area (Å²) < 4.78 is 0. The predicted octanol–water partition coefficient (Wildman–Crippen LogP) is 3.47. The van der Waals surface area contributed by atoms with E-state index < -0.39 is 0 Å². The fraction of sp³-hybridized carbons (Fsp3) is 0.667. The smallest absolute Gasteiger partial charge is 0.0327 e. The molecule has 2 N–H and O–H groups in total. The molecular weight excluding hydrogens is 208 g/mol. The van der Waals surface area contributed by atoms with Crippen molar-refractivity contribution in [2.45, 2.75) is 52.0 Å². The highest BCUT2D eigenvalue weighted by atomic mass is 14.7. The second-order valence-electron chi connectivity index (χ2n) is 5.47. The molecule has 2 heteroatoms. The first-order chi connectivity index (χ1) is 8.22. The van der Waals surface area contributed by atoms with Gasteiger partial charge in [-0.3, -0.25) is 4.98 Å². The molecule has 0 aliphatic heterocycles. The van der Waals surface area contributed by atoms with Gasteiger partial charge in [0, 0.05) is 18.4 Å². The maximum Gasteiger partial charge on any atom is 0.0327 e. The predicted molar refractivity (Wildman–Crippen MR) is 71.7 cm³/mol. The minimum atomic E-state index is 0.209. The lowest BCUT2D eigenvalue weighted by atomic mass is 9.77. The largest absolute Gasteiger partial charge is 0.324 e. The molecule has 0 radical (unpaired) electrons. The van der Waals surface area contributed by atoms with Crippen LogP contribution in [0.15, 0.2) is 18.5 Å². The van der Waals surface area contributed by atoms with Crippen LogP contribution in [0.3, 0.4) is 0 Å². The summed E-state index contributed by atoms with van der Waals surface area (Å²) in [6.07, 6.45) is 10.1. The molecular formula is C15H24N2. The molecule has 0 amide bonds. The average Bonchev–Trinajstić information content (AvgIpc) is 2.39. The highest BCUT2D eigenvalue weighted by molar-refractivity contribution is 5.27. The van der Waals surface area contributed by atoms with E-state index in [0.29, 0.717) is 5.92 Å². The standard InChI is InChI=1S/C15H24N2/c1-3-12-10-17-9-8-14(12)15(16)13-6-4-11(2)5-7-13/h8-11,13,15H,3-7,16H2,1-2H3. The Kier molecular flexibility index (Phi) is 4.16. The Morgan fingerprint density at radius 1 is 1.35 bits per heavy atom. The second-order valence-corrected chi connectivity index (χ2v) is 5.47. The van der Waals surface area contributed by atoms with Crippen LogP contribution in [0.1, 0.15) is 56.7 Å². The maximum absolute atomic E-state index is 6.46. The van der Waals surface area contributed by atoms with Crippen LogP contribution >= 0.6 is 0 Å². The Morgan fingerprint density at radius 2 is 2.06 bits per heavy atom. The van der Waals surface area contributed by atoms with Crippen molar-refractivity contribution in [1.29, 1.82) is 0 Å². The third-order valence-electron chi connectivity index (χ3n) is 4.25. The van der Waals surface area contributed by atoms with Gasteiger partial charge >= 0.3 is 0 Å². The summed E-state index contributed by atoms with van der Waals surface area (Å²) in [4.78, 5) is 4.20. The lowest BCUT2D eigenvalue weighted by Crippen LogP contribution is -2.26. The van der Waals surface area contributed by atoms with Crippen LogP contribution in [-0.2, 0) is 6.42 Å². The minimum Gasteiger partial charge on any atom is -0.324 e. The van der Waals surface area contributed by atoms with E-state index in [1.54, 1.807) is 0 Å². The van der Waals surface area contributed by atoms with E-state index in [1.807, 2.05) is 12.4 Å². The average molecular weight is 232 g/mol. The normalized spacial score (nSPS) is 26.8. The molecule has 1 atom stereocenters. The Morgan fingerprint density at radius 3 is 2.71 bits per heavy atom. The summed E-state index contributed by atoms with van der Waals surface area (Å²) in [6, 6.07) is 2.32. The summed E-state index contributed by atoms with van der Waals surface area (Å²) in [5.74, 6) is 1.56. The van der Waals surface area contributed by atoms with Crippen molar-refractivity contribution in [3.63, 3.8) is 0 Å². The molecule has 0 bridgehead atoms. The SMILES string of the molecule is CCc1cnccc1C(N)C1CCC(C)CC1. The summed E-state index contributed by atoms with van der Waals surface area (Å²) >= 11 is 0. The zero-order valence-electron chi connectivity index (χ0n) is 11.0. The van der Waals surface area contributed by atoms with Crippen molar-refractivity contribution in [1.82, 2.24) is 4.98 Å². The van der Waals surface area contributed by atoms with E-state index in [4.69, 9.17) is 5.73 Å². The van der Waals surface area contributed by atoms with E-state index >= 15 is 0 Å². The van der Waals surface area contributed by atoms with Crippen LogP contribution in [0.4, 0.5) is 0 Å². The van der Waals surface area contributed by atoms with E-state index in [2.05, 4.69) is 24.9 Å². The Labute approximate surface area is 105 Å². The molecule has 0 aromatic carbocycles. The van der Waals surface area contributed by atoms with Crippen LogP contribution in [0.25, 0.3) is 0 Å². The molecule has 17 heavy (non-hydrogen) atoms. The molecule has 1 heterocycles. The van der Waals surface area contributed by atoms with Gasteiger partial charge in [0.2, 0.25) is 0 Å². The van der Waals surface area contributed by atoms with E-state index in [1.165, 1.54) is 36.8 Å². The number of aromatic nitrogens is 1. The highest BCUT2D eigenvalue weighted by Gasteiger charge is 2.25. The second kappa shape index (κ2) is 5.63. The molecule has 2 rings (SSSR count). The van der Waals surface area contributed by atoms with Crippen molar-refractivity contribution in [2.24, 2.45) is 17.6 Å². The molecule has 2 nitrogen and oxygen atoms in total. The zero-order chi connectivity index (χ0) is 12.3. The van der Waals surface area contributed by atoms with Gasteiger partial charge in [0.25, 0.3) is 0 Å². The first-order valence-corrected chi connectivity index (χ1v) is 6.90. The molecule has 1 aliphatic carbocycles. The van der Waals surface area contributed by atoms with Gasteiger partial charge in [0.05, 0.1) is 0 Å². The van der Waals surface area contributed by atoms with Crippen molar-refractivity contribution < 1.29 is 0 Å². The molecule has 1 aromatic heterocycles. The van der Waals surface area contributed by atoms with Crippen molar-refractivity contribution >= 4 is 0 Å². The van der Waals surface area contributed by atoms with Crippen LogP contribution in [0.2, 0.25) is 0 Å². The number of aryl methyl sites for hydroxylation is 1. The van der Waals surface area contributed by atoms with Gasteiger partial charge in [-0.2, -0.15) is 0 Å². The molecule has 1 saturated carbocycles. The molecule has 0 saturated heterocycles. The monoisotopic (exact) mass is 232 g/mol. The number of hydrogen-bond acceptors (Lipinski definition) is 2. The zero-order valence-corrected chi connectivity index (χ0v) is 11.0. The number of rotatable bonds is 3. The summed E-state index contributed by atoms with van der Waals surface area (Å²) in [6.45, 7) is 4.53. The molecule has 1 aromatic rings. The van der Waals surface area contributed by atoms with Gasteiger partial charge in [-0.25, -0.2) is 0 Å². The van der Waals surface area contributed by atoms with Gasteiger partial charge in [-0.1, -0.05) is 26.7 Å². The van der Waals surface area contributed by atoms with E-state index in [0.717, 1.165) is 12.3 Å². The molecule has 1 fully saturated rings. The van der Waals surface area contributed by atoms with Crippen molar-refractivity contribution in [2.75, 3.05) is 0 Å². The van der Waals surface area contributed by atoms with Gasteiger partial charge < -0.3 is 5.73 Å². The van der Waals surface area contributed by atoms with E-state index in [9.17, 15) is 0 Å². The fourth-order valence-corrected chi connectivity index (χ4v) is 2.96. The first-order valence-electron chi connectivity index (χ1n) is 6.90. The highest BCUT2D eigenvalue weighted by Crippen LogP contribution is 2.36. The fourth-order valence-electron chi connectivity index (χ4n) is 2.96. The van der Waals surface area contributed by atoms with Crippen molar-refractivity contribution in [3.8, 4) is 0 Å². The van der Waals surface area contributed by atoms with Crippen LogP contribution < -0.4 is 5.73 Å². The Hall–Kier alpha value is -0.890. The minimum absolute atomic E-state index is 0.209. The lowest BCUT2D eigenvalue weighted by Gasteiger charge is -2.31. The molecule has 1 aliphatic rings. The summed E-state index contributed by atoms with van der Waals surface area (Å²) in [5.41, 5.74) is 9.10. The molecule has 94 valence electrons. The van der Waals surface area contributed by atoms with Crippen LogP contribution in [0.5, 0.6) is 0 Å². The maximum atomic E-state index is 6.46. The van der Waals surface area contributed by atoms with Gasteiger partial charge in [0.15, 0.2) is 0 Å². The van der Waals surface area contributed by atoms with Gasteiger partial charge in [-0.05, 0) is 48.3 Å². The number of hydrogen-bond donors (Lipinski definition) is 1. The Bertz CT molecular complexity index is 354. The van der Waals surface area contributed by atoms with Gasteiger partial charge in [0.1, 0.15) is 0 Å². The third kappa shape index (κ3) is 2.86. The summed E-state index contributed by atoms with van der Waals surface area (Å²) in [5, 5.41) is 0. The Balaban J connectivity index is 2.10. The topological polar surface area (TPSA) is 38.9 Å². The number of nitrogens with two attached hydrogens (primary N) is 1. The molecule has 1 unspecified atom stereocenters. The third-order valence-corrected chi connectivity index (χ3v) is 4.25. The van der Waals surface area contributed by atoms with Crippen LogP contribution in [-0.4, -0.2) is 4.98 Å². The van der Waals surface area contributed by atoms with Crippen LogP contribution in [0, 0.1) is 11.8 Å². The lowest BCUT2D eigenvalue weighted by molar-refractivity contribution is 0.255. The van der Waals surface area contributed by atoms with Gasteiger partial charge in [-0.15, -0.1) is 0 Å². The van der Waals surface area contributed by atoms with E-state index in [-0.39, 0.29) is 6.04 Å². The number of nitrogens with zero attached hydrogens (tertiary/aromatic N) is 1. The quantitative estimate of drug-likeness (QED) is 0.866. The molecule has 0 spiro atoms. The van der Waals surface area contributed by atoms with Crippen molar-refractivity contribution in [3.05, 3.63) is 29.6 Å². The summed E-state index contributed by atoms with van der Waals surface area (Å²) in [7, 11) is 0.